The molecule has 1 atom stereocenters. The minimum atomic E-state index is -0.347. The molecule has 4 nitrogen and oxygen atoms in total. The monoisotopic (exact) mass is 306 g/mol. The summed E-state index contributed by atoms with van der Waals surface area (Å²) < 4.78 is 0. The first-order chi connectivity index (χ1) is 10.1. The Morgan fingerprint density at radius 1 is 1.43 bits per heavy atom. The van der Waals surface area contributed by atoms with Gasteiger partial charge in [0.2, 0.25) is 11.8 Å². The lowest BCUT2D eigenvalue weighted by molar-refractivity contribution is -0.136. The molecule has 1 aromatic carbocycles. The summed E-state index contributed by atoms with van der Waals surface area (Å²) in [5.41, 5.74) is 0.903. The molecule has 0 radical (unpaired) electrons. The highest BCUT2D eigenvalue weighted by Crippen LogP contribution is 2.29. The molecule has 21 heavy (non-hydrogen) atoms. The Morgan fingerprint density at radius 2 is 2.14 bits per heavy atom. The molecule has 0 spiro atoms. The molecule has 0 aliphatic carbocycles. The van der Waals surface area contributed by atoms with E-state index in [1.165, 1.54) is 0 Å². The van der Waals surface area contributed by atoms with E-state index < -0.39 is 0 Å². The van der Waals surface area contributed by atoms with Crippen LogP contribution in [0.4, 0.5) is 5.69 Å². The molecule has 0 saturated carbocycles. The highest BCUT2D eigenvalue weighted by molar-refractivity contribution is 7.98. The third-order valence-electron chi connectivity index (χ3n) is 3.94. The highest BCUT2D eigenvalue weighted by Gasteiger charge is 2.33. The number of rotatable bonds is 5. The van der Waals surface area contributed by atoms with E-state index in [1.54, 1.807) is 28.6 Å². The maximum atomic E-state index is 12.8. The van der Waals surface area contributed by atoms with Gasteiger partial charge < -0.3 is 9.80 Å². The van der Waals surface area contributed by atoms with Crippen LogP contribution in [-0.2, 0) is 9.59 Å². The van der Waals surface area contributed by atoms with Gasteiger partial charge in [0.25, 0.3) is 0 Å². The maximum Gasteiger partial charge on any atom is 0.249 e. The fourth-order valence-corrected chi connectivity index (χ4v) is 3.40. The molecule has 1 aliphatic heterocycles. The molecule has 1 saturated heterocycles. The zero-order chi connectivity index (χ0) is 15.4. The number of para-hydroxylation sites is 1. The number of likely N-dealkylation sites (tertiary alicyclic amines) is 1. The van der Waals surface area contributed by atoms with Gasteiger partial charge in [0.1, 0.15) is 6.04 Å². The van der Waals surface area contributed by atoms with Gasteiger partial charge in [0.15, 0.2) is 0 Å². The summed E-state index contributed by atoms with van der Waals surface area (Å²) in [4.78, 5) is 29.2. The van der Waals surface area contributed by atoms with Crippen molar-refractivity contribution < 1.29 is 9.59 Å². The highest BCUT2D eigenvalue weighted by atomic mass is 32.2. The second-order valence-corrected chi connectivity index (χ2v) is 6.03. The summed E-state index contributed by atoms with van der Waals surface area (Å²) >= 11 is 1.62. The SMILES string of the molecule is CCC(C(=O)N(C)c1ccccc1SC)N1CCCC1=O. The molecule has 0 N–H and O–H groups in total. The summed E-state index contributed by atoms with van der Waals surface area (Å²) in [5, 5.41) is 0. The van der Waals surface area contributed by atoms with Crippen LogP contribution in [0.25, 0.3) is 0 Å². The van der Waals surface area contributed by atoms with Gasteiger partial charge in [-0.25, -0.2) is 0 Å². The van der Waals surface area contributed by atoms with E-state index in [4.69, 9.17) is 0 Å². The van der Waals surface area contributed by atoms with Gasteiger partial charge in [-0.2, -0.15) is 0 Å². The van der Waals surface area contributed by atoms with Crippen molar-refractivity contribution in [2.45, 2.75) is 37.1 Å². The normalized spacial score (nSPS) is 16.1. The van der Waals surface area contributed by atoms with Crippen molar-refractivity contribution in [1.29, 1.82) is 0 Å². The Hall–Kier alpha value is -1.49. The van der Waals surface area contributed by atoms with Crippen LogP contribution in [-0.4, -0.2) is 42.6 Å². The second kappa shape index (κ2) is 6.98. The molecule has 1 fully saturated rings. The number of benzene rings is 1. The van der Waals surface area contributed by atoms with Gasteiger partial charge in [-0.05, 0) is 31.2 Å². The number of carbonyl (C=O) groups excluding carboxylic acids is 2. The molecule has 0 aromatic heterocycles. The van der Waals surface area contributed by atoms with Crippen LogP contribution in [0.15, 0.2) is 29.2 Å². The Bertz CT molecular complexity index is 533. The summed E-state index contributed by atoms with van der Waals surface area (Å²) in [6, 6.07) is 7.50. The predicted octanol–water partition coefficient (Wildman–Crippen LogP) is 2.77. The number of hydrogen-bond acceptors (Lipinski definition) is 3. The molecule has 1 unspecified atom stereocenters. The van der Waals surface area contributed by atoms with Crippen molar-refractivity contribution in [2.24, 2.45) is 0 Å². The van der Waals surface area contributed by atoms with E-state index in [2.05, 4.69) is 0 Å². The van der Waals surface area contributed by atoms with Crippen molar-refractivity contribution in [3.05, 3.63) is 24.3 Å². The van der Waals surface area contributed by atoms with E-state index in [9.17, 15) is 9.59 Å². The van der Waals surface area contributed by atoms with Gasteiger partial charge in [-0.15, -0.1) is 11.8 Å². The molecular formula is C16H22N2O2S. The molecule has 2 amide bonds. The average Bonchev–Trinajstić information content (AvgIpc) is 2.93. The lowest BCUT2D eigenvalue weighted by Gasteiger charge is -2.30. The summed E-state index contributed by atoms with van der Waals surface area (Å²) in [6.45, 7) is 2.66. The van der Waals surface area contributed by atoms with Gasteiger partial charge >= 0.3 is 0 Å². The maximum absolute atomic E-state index is 12.8. The number of carbonyl (C=O) groups is 2. The van der Waals surface area contributed by atoms with Crippen LogP contribution < -0.4 is 4.90 Å². The lowest BCUT2D eigenvalue weighted by Crippen LogP contribution is -2.48. The van der Waals surface area contributed by atoms with Crippen LogP contribution in [0.1, 0.15) is 26.2 Å². The van der Waals surface area contributed by atoms with Crippen LogP contribution >= 0.6 is 11.8 Å². The molecule has 114 valence electrons. The topological polar surface area (TPSA) is 40.6 Å². The van der Waals surface area contributed by atoms with E-state index >= 15 is 0 Å². The van der Waals surface area contributed by atoms with E-state index in [0.717, 1.165) is 17.0 Å². The van der Waals surface area contributed by atoms with Gasteiger partial charge in [0.05, 0.1) is 5.69 Å². The van der Waals surface area contributed by atoms with Crippen molar-refractivity contribution >= 4 is 29.3 Å². The Labute approximate surface area is 130 Å². The average molecular weight is 306 g/mol. The van der Waals surface area contributed by atoms with E-state index in [1.807, 2.05) is 37.4 Å². The molecule has 5 heteroatoms. The standard InChI is InChI=1S/C16H22N2O2S/c1-4-12(18-11-7-10-15(18)19)16(20)17(2)13-8-5-6-9-14(13)21-3/h5-6,8-9,12H,4,7,10-11H2,1-3H3. The Balaban J connectivity index is 2.22. The minimum Gasteiger partial charge on any atom is -0.331 e. The molecule has 1 aliphatic rings. The van der Waals surface area contributed by atoms with Gasteiger partial charge in [-0.1, -0.05) is 19.1 Å². The first kappa shape index (κ1) is 15.9. The second-order valence-electron chi connectivity index (χ2n) is 5.18. The smallest absolute Gasteiger partial charge is 0.249 e. The molecule has 1 heterocycles. The fourth-order valence-electron chi connectivity index (χ4n) is 2.78. The quantitative estimate of drug-likeness (QED) is 0.785. The van der Waals surface area contributed by atoms with Crippen molar-refractivity contribution in [3.8, 4) is 0 Å². The number of nitrogens with zero attached hydrogens (tertiary/aromatic N) is 2. The zero-order valence-electron chi connectivity index (χ0n) is 12.8. The van der Waals surface area contributed by atoms with Crippen molar-refractivity contribution in [2.75, 3.05) is 24.7 Å². The molecule has 2 rings (SSSR count). The first-order valence-corrected chi connectivity index (χ1v) is 8.52. The third kappa shape index (κ3) is 3.23. The van der Waals surface area contributed by atoms with Crippen LogP contribution in [0.2, 0.25) is 0 Å². The van der Waals surface area contributed by atoms with Gasteiger partial charge in [0, 0.05) is 24.9 Å². The van der Waals surface area contributed by atoms with Crippen molar-refractivity contribution in [1.82, 2.24) is 4.90 Å². The Morgan fingerprint density at radius 3 is 2.71 bits per heavy atom. The third-order valence-corrected chi connectivity index (χ3v) is 4.72. The van der Waals surface area contributed by atoms with Crippen LogP contribution in [0, 0.1) is 0 Å². The minimum absolute atomic E-state index is 0.00532. The number of anilines is 1. The molecule has 1 aromatic rings. The number of likely N-dealkylation sites (N-methyl/N-ethyl adjacent to an activating group) is 1. The van der Waals surface area contributed by atoms with Crippen LogP contribution in [0.5, 0.6) is 0 Å². The first-order valence-electron chi connectivity index (χ1n) is 7.30. The molecule has 0 bridgehead atoms. The fraction of sp³-hybridized carbons (Fsp3) is 0.500. The summed E-state index contributed by atoms with van der Waals surface area (Å²) in [7, 11) is 1.79. The summed E-state index contributed by atoms with van der Waals surface area (Å²) in [5.74, 6) is 0.0935. The number of amides is 2. The van der Waals surface area contributed by atoms with E-state index in [0.29, 0.717) is 19.4 Å². The number of hydrogen-bond donors (Lipinski definition) is 0. The molecular weight excluding hydrogens is 284 g/mol. The van der Waals surface area contributed by atoms with Crippen LogP contribution in [0.3, 0.4) is 0 Å². The van der Waals surface area contributed by atoms with Crippen molar-refractivity contribution in [3.63, 3.8) is 0 Å². The largest absolute Gasteiger partial charge is 0.331 e. The van der Waals surface area contributed by atoms with E-state index in [-0.39, 0.29) is 17.9 Å². The number of thioether (sulfide) groups is 1. The summed E-state index contributed by atoms with van der Waals surface area (Å²) in [6.07, 6.45) is 4.07. The zero-order valence-corrected chi connectivity index (χ0v) is 13.7. The predicted molar refractivity (Wildman–Crippen MR) is 86.7 cm³/mol. The Kier molecular flexibility index (Phi) is 5.28. The lowest BCUT2D eigenvalue weighted by atomic mass is 10.1. The van der Waals surface area contributed by atoms with Gasteiger partial charge in [-0.3, -0.25) is 9.59 Å².